The number of aliphatic hydroxyl groups is 2. The van der Waals surface area contributed by atoms with Gasteiger partial charge in [0.25, 0.3) is 11.1 Å². The zero-order chi connectivity index (χ0) is 23.4. The van der Waals surface area contributed by atoms with Gasteiger partial charge in [-0.1, -0.05) is 31.9 Å². The molecular weight excluding hydrogens is 586 g/mol. The molecule has 0 bridgehead atoms. The molecule has 1 amide bonds. The first-order valence-electron chi connectivity index (χ1n) is 8.30. The molecule has 6 nitrogen and oxygen atoms in total. The summed E-state index contributed by atoms with van der Waals surface area (Å²) >= 11 is 21.2. The summed E-state index contributed by atoms with van der Waals surface area (Å²) in [5, 5.41) is 18.6. The first-order valence-corrected chi connectivity index (χ1v) is 11.3. The van der Waals surface area contributed by atoms with Crippen LogP contribution in [0, 0.1) is 0 Å². The number of nitrogens with two attached hydrogens (primary N) is 1. The van der Waals surface area contributed by atoms with Crippen molar-refractivity contribution in [1.82, 2.24) is 5.32 Å². The maximum absolute atomic E-state index is 11.3. The molecule has 168 valence electrons. The molecule has 30 heavy (non-hydrogen) atoms. The average molecular weight is 610 g/mol. The van der Waals surface area contributed by atoms with Crippen LogP contribution in [0.1, 0.15) is 20.7 Å². The number of amides is 1. The summed E-state index contributed by atoms with van der Waals surface area (Å²) in [4.78, 5) is 21.8. The number of hydrogen-bond acceptors (Lipinski definition) is 5. The van der Waals surface area contributed by atoms with Crippen molar-refractivity contribution in [2.24, 2.45) is 5.73 Å². The second-order valence-corrected chi connectivity index (χ2v) is 7.86. The van der Waals surface area contributed by atoms with Crippen LogP contribution in [0.4, 0.5) is 0 Å². The summed E-state index contributed by atoms with van der Waals surface area (Å²) in [6.07, 6.45) is 0. The molecule has 0 fully saturated rings. The maximum Gasteiger partial charge on any atom is 0.252 e. The first-order chi connectivity index (χ1) is 14.3. The summed E-state index contributed by atoms with van der Waals surface area (Å²) < 4.78 is 1.88. The Morgan fingerprint density at radius 1 is 0.867 bits per heavy atom. The van der Waals surface area contributed by atoms with Gasteiger partial charge in [-0.25, -0.2) is 0 Å². The lowest BCUT2D eigenvalue weighted by Gasteiger charge is -2.02. The van der Waals surface area contributed by atoms with Crippen molar-refractivity contribution in [3.63, 3.8) is 0 Å². The third kappa shape index (κ3) is 18.1. The van der Waals surface area contributed by atoms with E-state index in [0.29, 0.717) is 17.7 Å². The predicted octanol–water partition coefficient (Wildman–Crippen LogP) is 4.36. The third-order valence-corrected chi connectivity index (χ3v) is 3.98. The van der Waals surface area contributed by atoms with Crippen LogP contribution in [0.15, 0.2) is 57.5 Å². The Kier molecular flexibility index (Phi) is 22.6. The Morgan fingerprint density at radius 2 is 1.23 bits per heavy atom. The molecule has 2 rings (SSSR count). The standard InChI is InChI=1S/C9H10BrNO2.C7H4BrClO.C2H7NO.CH2Cl2/c10-8-3-1-7(2-4-8)9(13)11-5-6-12;8-6-3-1-5(2-4-6)7(9)10;3-1-2-4;2-1-3/h1-4,12H,5-6H2,(H,11,13);1-4H;4H,1-3H2;1H2. The largest absolute Gasteiger partial charge is 0.395 e. The summed E-state index contributed by atoms with van der Waals surface area (Å²) in [5.41, 5.74) is 5.89. The highest BCUT2D eigenvalue weighted by Crippen LogP contribution is 2.11. The smallest absolute Gasteiger partial charge is 0.252 e. The number of rotatable bonds is 5. The molecule has 0 spiro atoms. The lowest BCUT2D eigenvalue weighted by atomic mass is 10.2. The van der Waals surface area contributed by atoms with Gasteiger partial charge in [0, 0.05) is 33.2 Å². The zero-order valence-corrected chi connectivity index (χ0v) is 21.3. The van der Waals surface area contributed by atoms with Gasteiger partial charge in [-0.2, -0.15) is 0 Å². The number of carbonyl (C=O) groups excluding carboxylic acids is 2. The Balaban J connectivity index is 0. The van der Waals surface area contributed by atoms with Crippen molar-refractivity contribution >= 4 is 77.8 Å². The lowest BCUT2D eigenvalue weighted by Crippen LogP contribution is -2.26. The van der Waals surface area contributed by atoms with Gasteiger partial charge in [0.05, 0.1) is 18.6 Å². The first kappa shape index (κ1) is 31.5. The minimum absolute atomic E-state index is 0.0394. The van der Waals surface area contributed by atoms with Gasteiger partial charge >= 0.3 is 0 Å². The van der Waals surface area contributed by atoms with Gasteiger partial charge in [-0.05, 0) is 60.1 Å². The van der Waals surface area contributed by atoms with Crippen LogP contribution in [-0.2, 0) is 0 Å². The highest BCUT2D eigenvalue weighted by atomic mass is 79.9. The molecule has 0 radical (unpaired) electrons. The minimum atomic E-state index is -0.424. The van der Waals surface area contributed by atoms with Crippen molar-refractivity contribution in [3.8, 4) is 0 Å². The van der Waals surface area contributed by atoms with E-state index in [2.05, 4.69) is 37.2 Å². The topological polar surface area (TPSA) is 113 Å². The molecule has 0 heterocycles. The number of benzene rings is 2. The Hall–Kier alpha value is -0.710. The summed E-state index contributed by atoms with van der Waals surface area (Å²) in [5.74, 6) is -0.165. The molecule has 2 aromatic rings. The lowest BCUT2D eigenvalue weighted by molar-refractivity contribution is 0.0944. The summed E-state index contributed by atoms with van der Waals surface area (Å²) in [7, 11) is 0. The molecule has 0 aliphatic heterocycles. The summed E-state index contributed by atoms with van der Waals surface area (Å²) in [6, 6.07) is 13.9. The monoisotopic (exact) mass is 606 g/mol. The van der Waals surface area contributed by atoms with E-state index >= 15 is 0 Å². The number of hydrogen-bond donors (Lipinski definition) is 4. The fourth-order valence-electron chi connectivity index (χ4n) is 1.45. The van der Waals surface area contributed by atoms with E-state index < -0.39 is 5.24 Å². The van der Waals surface area contributed by atoms with Crippen LogP contribution in [0.2, 0.25) is 0 Å². The van der Waals surface area contributed by atoms with E-state index in [1.165, 1.54) is 0 Å². The molecular formula is C19H23Br2Cl3N2O4. The number of alkyl halides is 2. The van der Waals surface area contributed by atoms with Crippen molar-refractivity contribution in [2.45, 2.75) is 0 Å². The van der Waals surface area contributed by atoms with E-state index in [-0.39, 0.29) is 31.0 Å². The van der Waals surface area contributed by atoms with Crippen LogP contribution >= 0.6 is 66.7 Å². The van der Waals surface area contributed by atoms with Crippen LogP contribution in [-0.4, -0.2) is 53.0 Å². The number of halogens is 5. The second-order valence-electron chi connectivity index (χ2n) is 4.88. The minimum Gasteiger partial charge on any atom is -0.395 e. The third-order valence-electron chi connectivity index (χ3n) is 2.70. The highest BCUT2D eigenvalue weighted by molar-refractivity contribution is 9.10. The molecule has 0 saturated carbocycles. The molecule has 0 unspecified atom stereocenters. The predicted molar refractivity (Wildman–Crippen MR) is 131 cm³/mol. The average Bonchev–Trinajstić information content (AvgIpc) is 2.74. The Bertz CT molecular complexity index is 704. The second kappa shape index (κ2) is 21.5. The van der Waals surface area contributed by atoms with Gasteiger partial charge in [0.15, 0.2) is 0 Å². The van der Waals surface area contributed by atoms with Crippen LogP contribution in [0.3, 0.4) is 0 Å². The van der Waals surface area contributed by atoms with E-state index in [0.717, 1.165) is 8.95 Å². The Morgan fingerprint density at radius 3 is 1.53 bits per heavy atom. The normalized spacial score (nSPS) is 8.93. The SMILES string of the molecule is ClCCl.NCCO.O=C(Cl)c1ccc(Br)cc1.O=C(NCCO)c1ccc(Br)cc1. The number of nitrogens with one attached hydrogen (secondary N) is 1. The van der Waals surface area contributed by atoms with Gasteiger partial charge in [0.2, 0.25) is 0 Å². The maximum atomic E-state index is 11.3. The molecule has 0 saturated heterocycles. The van der Waals surface area contributed by atoms with Crippen LogP contribution in [0.25, 0.3) is 0 Å². The fourth-order valence-corrected chi connectivity index (χ4v) is 2.11. The van der Waals surface area contributed by atoms with Gasteiger partial charge in [0.1, 0.15) is 0 Å². The van der Waals surface area contributed by atoms with Crippen molar-refractivity contribution in [2.75, 3.05) is 31.6 Å². The molecule has 5 N–H and O–H groups in total. The van der Waals surface area contributed by atoms with Gasteiger partial charge < -0.3 is 21.3 Å². The number of aliphatic hydroxyl groups excluding tert-OH is 2. The Labute approximate surface area is 208 Å². The number of carbonyl (C=O) groups is 2. The van der Waals surface area contributed by atoms with E-state index in [4.69, 9.17) is 50.7 Å². The van der Waals surface area contributed by atoms with E-state index in [1.54, 1.807) is 48.5 Å². The fraction of sp³-hybridized carbons (Fsp3) is 0.263. The molecule has 0 aromatic heterocycles. The van der Waals surface area contributed by atoms with Crippen molar-refractivity contribution in [1.29, 1.82) is 0 Å². The molecule has 0 aliphatic rings. The highest BCUT2D eigenvalue weighted by Gasteiger charge is 2.02. The molecule has 0 aliphatic carbocycles. The molecule has 0 atom stereocenters. The van der Waals surface area contributed by atoms with Crippen LogP contribution in [0.5, 0.6) is 0 Å². The van der Waals surface area contributed by atoms with Crippen LogP contribution < -0.4 is 11.1 Å². The van der Waals surface area contributed by atoms with Gasteiger partial charge in [-0.3, -0.25) is 9.59 Å². The van der Waals surface area contributed by atoms with E-state index in [9.17, 15) is 9.59 Å². The van der Waals surface area contributed by atoms with Crippen molar-refractivity contribution in [3.05, 3.63) is 68.6 Å². The molecule has 2 aromatic carbocycles. The molecule has 11 heteroatoms. The zero-order valence-electron chi connectivity index (χ0n) is 15.8. The quantitative estimate of drug-likeness (QED) is 0.298. The summed E-state index contributed by atoms with van der Waals surface area (Å²) in [6.45, 7) is 0.719. The van der Waals surface area contributed by atoms with E-state index in [1.807, 2.05) is 0 Å². The van der Waals surface area contributed by atoms with Crippen molar-refractivity contribution < 1.29 is 19.8 Å². The van der Waals surface area contributed by atoms with Gasteiger partial charge in [-0.15, -0.1) is 23.2 Å².